The maximum Gasteiger partial charge on any atom is 0.323 e. The first-order chi connectivity index (χ1) is 19.2. The summed E-state index contributed by atoms with van der Waals surface area (Å²) in [6.07, 6.45) is -3.62. The van der Waals surface area contributed by atoms with Crippen LogP contribution < -0.4 is 10.4 Å². The predicted octanol–water partition coefficient (Wildman–Crippen LogP) is 3.70. The van der Waals surface area contributed by atoms with Crippen LogP contribution in [0.15, 0.2) is 29.8 Å². The lowest BCUT2D eigenvalue weighted by molar-refractivity contribution is -0.227. The molecular formula is C29H37ClF2N2O7. The highest BCUT2D eigenvalue weighted by molar-refractivity contribution is 6.33. The highest BCUT2D eigenvalue weighted by atomic mass is 35.5. The van der Waals surface area contributed by atoms with E-state index in [1.54, 1.807) is 45.2 Å². The lowest BCUT2D eigenvalue weighted by Crippen LogP contribution is -2.66. The summed E-state index contributed by atoms with van der Waals surface area (Å²) in [5.74, 6) is -4.25. The molecule has 2 aliphatic heterocycles. The Morgan fingerprint density at radius 1 is 1.24 bits per heavy atom. The number of nitrogens with one attached hydrogen (secondary N) is 1. The van der Waals surface area contributed by atoms with Crippen molar-refractivity contribution in [3.8, 4) is 0 Å². The predicted molar refractivity (Wildman–Crippen MR) is 145 cm³/mol. The van der Waals surface area contributed by atoms with Gasteiger partial charge in [-0.25, -0.2) is 8.78 Å². The smallest absolute Gasteiger partial charge is 0.323 e. The van der Waals surface area contributed by atoms with Crippen molar-refractivity contribution in [1.29, 1.82) is 0 Å². The number of esters is 2. The Kier molecular flexibility index (Phi) is 7.91. The fraction of sp³-hybridized carbons (Fsp3) is 0.655. The second kappa shape index (κ2) is 10.8. The fourth-order valence-electron chi connectivity index (χ4n) is 7.30. The Morgan fingerprint density at radius 3 is 2.61 bits per heavy atom. The molecule has 41 heavy (non-hydrogen) atoms. The number of halogens is 3. The Hall–Kier alpha value is -2.31. The lowest BCUT2D eigenvalue weighted by Gasteiger charge is -2.55. The number of carbonyl (C=O) groups is 2. The van der Waals surface area contributed by atoms with Gasteiger partial charge in [-0.1, -0.05) is 43.7 Å². The molecule has 0 spiro atoms. The van der Waals surface area contributed by atoms with Crippen molar-refractivity contribution < 1.29 is 42.9 Å². The zero-order chi connectivity index (χ0) is 30.0. The summed E-state index contributed by atoms with van der Waals surface area (Å²) >= 11 is 6.37. The molecule has 0 amide bonds. The van der Waals surface area contributed by atoms with Crippen molar-refractivity contribution in [1.82, 2.24) is 5.32 Å². The summed E-state index contributed by atoms with van der Waals surface area (Å²) in [4.78, 5) is 31.7. The van der Waals surface area contributed by atoms with E-state index in [0.717, 1.165) is 0 Å². The number of hydrogen-bond donors (Lipinski definition) is 3. The Balaban J connectivity index is 1.47. The van der Waals surface area contributed by atoms with Crippen molar-refractivity contribution in [2.45, 2.75) is 89.1 Å². The SMILES string of the molecule is CC(=O)O[C@@H]1C(C)=C[C@@H]2[C@H](C(C)C(F)F)CC[C@@H](C)[C@]2(O)[C@H]1OC(=O)[C@@H]1C[C@@]2(O)c3cccc(Cl)c3N(C)O[C@H]2N1. The van der Waals surface area contributed by atoms with Crippen LogP contribution in [0.3, 0.4) is 0 Å². The molecule has 1 aromatic rings. The third-order valence-electron chi connectivity index (χ3n) is 9.57. The van der Waals surface area contributed by atoms with Crippen LogP contribution in [-0.2, 0) is 29.5 Å². The molecule has 5 rings (SSSR count). The molecule has 0 bridgehead atoms. The van der Waals surface area contributed by atoms with Gasteiger partial charge in [0.1, 0.15) is 17.2 Å². The zero-order valence-electron chi connectivity index (χ0n) is 23.6. The van der Waals surface area contributed by atoms with Gasteiger partial charge in [-0.3, -0.25) is 24.8 Å². The van der Waals surface area contributed by atoms with E-state index in [2.05, 4.69) is 5.32 Å². The number of nitrogens with zero attached hydrogens (tertiary/aromatic N) is 1. The van der Waals surface area contributed by atoms with Crippen molar-refractivity contribution in [2.24, 2.45) is 23.7 Å². The number of anilines is 1. The Labute approximate surface area is 242 Å². The first kappa shape index (κ1) is 30.2. The van der Waals surface area contributed by atoms with Gasteiger partial charge in [0.25, 0.3) is 0 Å². The number of para-hydroxylation sites is 1. The molecular weight excluding hydrogens is 562 g/mol. The molecule has 1 aromatic carbocycles. The monoisotopic (exact) mass is 598 g/mol. The Morgan fingerprint density at radius 2 is 1.95 bits per heavy atom. The topological polar surface area (TPSA) is 118 Å². The van der Waals surface area contributed by atoms with Crippen LogP contribution in [0.4, 0.5) is 14.5 Å². The molecule has 1 saturated heterocycles. The Bertz CT molecular complexity index is 1250. The molecule has 1 unspecified atom stereocenters. The van der Waals surface area contributed by atoms with E-state index in [-0.39, 0.29) is 6.42 Å². The van der Waals surface area contributed by atoms with Crippen molar-refractivity contribution in [3.05, 3.63) is 40.4 Å². The number of carbonyl (C=O) groups excluding carboxylic acids is 2. The molecule has 9 nitrogen and oxygen atoms in total. The van der Waals surface area contributed by atoms with E-state index in [0.29, 0.717) is 34.7 Å². The number of hydrogen-bond acceptors (Lipinski definition) is 9. The van der Waals surface area contributed by atoms with Gasteiger partial charge < -0.3 is 19.7 Å². The second-order valence-corrected chi connectivity index (χ2v) is 12.4. The average molecular weight is 599 g/mol. The number of ether oxygens (including phenoxy) is 2. The van der Waals surface area contributed by atoms with E-state index in [4.69, 9.17) is 25.9 Å². The average Bonchev–Trinajstić information content (AvgIpc) is 3.25. The first-order valence-electron chi connectivity index (χ1n) is 13.9. The number of rotatable bonds is 5. The van der Waals surface area contributed by atoms with Crippen molar-refractivity contribution in [2.75, 3.05) is 12.1 Å². The summed E-state index contributed by atoms with van der Waals surface area (Å²) in [5.41, 5.74) is -1.94. The van der Waals surface area contributed by atoms with Gasteiger partial charge in [-0.05, 0) is 43.2 Å². The van der Waals surface area contributed by atoms with Gasteiger partial charge in [0, 0.05) is 37.8 Å². The van der Waals surface area contributed by atoms with Crippen molar-refractivity contribution in [3.63, 3.8) is 0 Å². The van der Waals surface area contributed by atoms with Gasteiger partial charge >= 0.3 is 11.9 Å². The van der Waals surface area contributed by atoms with Crippen LogP contribution >= 0.6 is 11.6 Å². The summed E-state index contributed by atoms with van der Waals surface area (Å²) in [5, 5.41) is 28.8. The molecule has 12 heteroatoms. The summed E-state index contributed by atoms with van der Waals surface area (Å²) in [7, 11) is 1.63. The molecule has 226 valence electrons. The molecule has 0 aromatic heterocycles. The lowest BCUT2D eigenvalue weighted by atomic mass is 9.55. The number of hydroxylamine groups is 1. The number of fused-ring (bicyclic) bond motifs is 4. The third-order valence-corrected chi connectivity index (χ3v) is 9.87. The minimum atomic E-state index is -2.60. The van der Waals surface area contributed by atoms with Crippen LogP contribution in [0.5, 0.6) is 0 Å². The second-order valence-electron chi connectivity index (χ2n) is 12.0. The van der Waals surface area contributed by atoms with Gasteiger partial charge in [0.15, 0.2) is 18.4 Å². The van der Waals surface area contributed by atoms with Crippen molar-refractivity contribution >= 4 is 29.2 Å². The van der Waals surface area contributed by atoms with Crippen LogP contribution in [0.2, 0.25) is 5.02 Å². The van der Waals surface area contributed by atoms with Gasteiger partial charge in [0.05, 0.1) is 10.7 Å². The first-order valence-corrected chi connectivity index (χ1v) is 14.3. The standard InChI is InChI=1S/C29H37ClF2N2O7/c1-13-11-19-17(15(3)25(31)32)10-9-14(2)29(19,38)24(23(13)39-16(4)35)40-26(36)21-12-28(37)18-7-6-8-20(30)22(18)34(5)41-27(28)33-21/h6-8,11,14-15,17,19,21,23-25,27,33,37-38H,9-10,12H2,1-5H3/t14-,15?,17+,19-,21+,23-,24+,27-,28-,29-/m1/s1. The highest BCUT2D eigenvalue weighted by Gasteiger charge is 2.62. The summed E-state index contributed by atoms with van der Waals surface area (Å²) in [6.45, 7) is 6.13. The van der Waals surface area contributed by atoms with E-state index >= 15 is 0 Å². The maximum atomic E-state index is 13.9. The molecule has 1 saturated carbocycles. The van der Waals surface area contributed by atoms with Crippen LogP contribution in [0, 0.1) is 23.7 Å². The minimum absolute atomic E-state index is 0.125. The molecule has 2 heterocycles. The minimum Gasteiger partial charge on any atom is -0.454 e. The van der Waals surface area contributed by atoms with Gasteiger partial charge in [-0.15, -0.1) is 0 Å². The third kappa shape index (κ3) is 4.83. The molecule has 4 aliphatic rings. The normalized spacial score (nSPS) is 38.9. The zero-order valence-corrected chi connectivity index (χ0v) is 24.4. The fourth-order valence-corrected chi connectivity index (χ4v) is 7.59. The van der Waals surface area contributed by atoms with Gasteiger partial charge in [-0.2, -0.15) is 0 Å². The van der Waals surface area contributed by atoms with E-state index in [9.17, 15) is 28.6 Å². The quantitative estimate of drug-likeness (QED) is 0.344. The molecule has 2 aliphatic carbocycles. The van der Waals surface area contributed by atoms with Crippen LogP contribution in [-0.4, -0.2) is 65.7 Å². The van der Waals surface area contributed by atoms with Crippen LogP contribution in [0.1, 0.15) is 52.5 Å². The number of aliphatic hydroxyl groups is 2. The largest absolute Gasteiger partial charge is 0.454 e. The van der Waals surface area contributed by atoms with Gasteiger partial charge in [0.2, 0.25) is 6.43 Å². The molecule has 2 fully saturated rings. The van der Waals surface area contributed by atoms with E-state index < -0.39 is 77.7 Å². The highest BCUT2D eigenvalue weighted by Crippen LogP contribution is 2.53. The van der Waals surface area contributed by atoms with Crippen LogP contribution in [0.25, 0.3) is 0 Å². The molecule has 3 N–H and O–H groups in total. The number of alkyl halides is 2. The molecule has 10 atom stereocenters. The maximum absolute atomic E-state index is 13.9. The summed E-state index contributed by atoms with van der Waals surface area (Å²) < 4.78 is 39.3. The van der Waals surface area contributed by atoms with E-state index in [1.807, 2.05) is 0 Å². The number of benzene rings is 1. The van der Waals surface area contributed by atoms with E-state index in [1.165, 1.54) is 18.9 Å². The summed E-state index contributed by atoms with van der Waals surface area (Å²) in [6, 6.07) is 4.00. The molecule has 0 radical (unpaired) electrons.